The lowest BCUT2D eigenvalue weighted by Crippen LogP contribution is -2.23. The molecule has 1 aromatic heterocycles. The first-order valence-electron chi connectivity index (χ1n) is 6.04. The van der Waals surface area contributed by atoms with E-state index in [2.05, 4.69) is 34.6 Å². The molecule has 0 bridgehead atoms. The smallest absolute Gasteiger partial charge is 0.125 e. The predicted octanol–water partition coefficient (Wildman–Crippen LogP) is 3.17. The largest absolute Gasteiger partial charge is 0.371 e. The maximum absolute atomic E-state index is 5.82. The van der Waals surface area contributed by atoms with Gasteiger partial charge in [0.1, 0.15) is 10.6 Å². The van der Waals surface area contributed by atoms with E-state index in [0.29, 0.717) is 6.54 Å². The van der Waals surface area contributed by atoms with Gasteiger partial charge >= 0.3 is 0 Å². The van der Waals surface area contributed by atoms with E-state index >= 15 is 0 Å². The molecule has 0 saturated carbocycles. The van der Waals surface area contributed by atoms with Crippen molar-refractivity contribution >= 4 is 11.3 Å². The summed E-state index contributed by atoms with van der Waals surface area (Å²) in [6, 6.07) is 0. The van der Waals surface area contributed by atoms with Crippen LogP contribution in [0.25, 0.3) is 0 Å². The molecule has 0 spiro atoms. The molecule has 1 unspecified atom stereocenters. The van der Waals surface area contributed by atoms with Gasteiger partial charge in [0, 0.05) is 23.9 Å². The molecule has 0 aliphatic heterocycles. The van der Waals surface area contributed by atoms with Gasteiger partial charge in [0.25, 0.3) is 0 Å². The van der Waals surface area contributed by atoms with Crippen LogP contribution in [0.2, 0.25) is 0 Å². The Bertz CT molecular complexity index is 375. The zero-order valence-corrected chi connectivity index (χ0v) is 12.6. The second kappa shape index (κ2) is 5.04. The minimum atomic E-state index is -0.294. The van der Waals surface area contributed by atoms with Crippen molar-refractivity contribution in [2.24, 2.45) is 5.73 Å². The maximum atomic E-state index is 5.82. The number of aromatic nitrogens is 1. The van der Waals surface area contributed by atoms with Crippen LogP contribution < -0.4 is 5.73 Å². The Morgan fingerprint density at radius 3 is 2.18 bits per heavy atom. The van der Waals surface area contributed by atoms with Crippen LogP contribution in [-0.2, 0) is 22.3 Å². The highest BCUT2D eigenvalue weighted by molar-refractivity contribution is 7.11. The minimum absolute atomic E-state index is 0.0336. The van der Waals surface area contributed by atoms with Gasteiger partial charge in [-0.15, -0.1) is 11.3 Å². The predicted molar refractivity (Wildman–Crippen MR) is 73.4 cm³/mol. The molecule has 1 aromatic rings. The average Bonchev–Trinajstić information content (AvgIpc) is 2.72. The highest BCUT2D eigenvalue weighted by Crippen LogP contribution is 2.36. The van der Waals surface area contributed by atoms with Crippen LogP contribution >= 0.6 is 11.3 Å². The highest BCUT2D eigenvalue weighted by Gasteiger charge is 2.31. The second-order valence-corrected chi connectivity index (χ2v) is 6.62. The van der Waals surface area contributed by atoms with Crippen molar-refractivity contribution in [3.8, 4) is 0 Å². The van der Waals surface area contributed by atoms with Crippen LogP contribution in [0.5, 0.6) is 0 Å². The van der Waals surface area contributed by atoms with Crippen molar-refractivity contribution in [3.63, 3.8) is 0 Å². The van der Waals surface area contributed by atoms with Gasteiger partial charge in [-0.3, -0.25) is 0 Å². The van der Waals surface area contributed by atoms with E-state index in [0.717, 1.165) is 17.1 Å². The Labute approximate surface area is 108 Å². The molecule has 0 aliphatic rings. The minimum Gasteiger partial charge on any atom is -0.371 e. The van der Waals surface area contributed by atoms with Gasteiger partial charge in [-0.2, -0.15) is 0 Å². The Morgan fingerprint density at radius 2 is 1.88 bits per heavy atom. The molecule has 1 rings (SSSR count). The molecule has 0 radical (unpaired) electrons. The highest BCUT2D eigenvalue weighted by atomic mass is 32.1. The van der Waals surface area contributed by atoms with Crippen LogP contribution in [0, 0.1) is 0 Å². The Morgan fingerprint density at radius 1 is 1.29 bits per heavy atom. The quantitative estimate of drug-likeness (QED) is 0.900. The summed E-state index contributed by atoms with van der Waals surface area (Å²) in [6.45, 7) is 11.2. The number of nitrogens with two attached hydrogens (primary N) is 1. The van der Waals surface area contributed by atoms with Crippen LogP contribution in [0.3, 0.4) is 0 Å². The molecule has 4 heteroatoms. The van der Waals surface area contributed by atoms with Gasteiger partial charge in [0.05, 0.1) is 5.69 Å². The monoisotopic (exact) mass is 256 g/mol. The first-order chi connectivity index (χ1) is 7.78. The van der Waals surface area contributed by atoms with Crippen LogP contribution in [-0.4, -0.2) is 12.1 Å². The zero-order valence-electron chi connectivity index (χ0n) is 11.8. The standard InChI is InChI=1S/C13H24N2OS/c1-7-13(5,16-6)11-15-10(12(2,3)4)9(8-14)17-11/h7-8,14H2,1-6H3. The molecule has 0 aromatic carbocycles. The number of nitrogens with zero attached hydrogens (tertiary/aromatic N) is 1. The molecule has 0 amide bonds. The summed E-state index contributed by atoms with van der Waals surface area (Å²) >= 11 is 1.68. The number of hydrogen-bond acceptors (Lipinski definition) is 4. The topological polar surface area (TPSA) is 48.1 Å². The molecular formula is C13H24N2OS. The van der Waals surface area contributed by atoms with Crippen molar-refractivity contribution in [2.45, 2.75) is 58.6 Å². The fourth-order valence-electron chi connectivity index (χ4n) is 1.69. The molecule has 0 fully saturated rings. The molecule has 3 nitrogen and oxygen atoms in total. The molecule has 98 valence electrons. The zero-order chi connectivity index (χ0) is 13.3. The summed E-state index contributed by atoms with van der Waals surface area (Å²) in [5, 5.41) is 1.04. The van der Waals surface area contributed by atoms with Crippen molar-refractivity contribution in [3.05, 3.63) is 15.6 Å². The molecule has 0 aliphatic carbocycles. The van der Waals surface area contributed by atoms with Crippen molar-refractivity contribution in [2.75, 3.05) is 7.11 Å². The summed E-state index contributed by atoms with van der Waals surface area (Å²) in [4.78, 5) is 5.95. The van der Waals surface area contributed by atoms with Crippen LogP contribution in [0.15, 0.2) is 0 Å². The van der Waals surface area contributed by atoms with Crippen molar-refractivity contribution < 1.29 is 4.74 Å². The van der Waals surface area contributed by atoms with Crippen LogP contribution in [0.4, 0.5) is 0 Å². The number of hydrogen-bond donors (Lipinski definition) is 1. The van der Waals surface area contributed by atoms with E-state index in [1.807, 2.05) is 0 Å². The lowest BCUT2D eigenvalue weighted by molar-refractivity contribution is -0.00174. The molecule has 17 heavy (non-hydrogen) atoms. The normalized spacial score (nSPS) is 15.9. The number of rotatable bonds is 4. The molecule has 0 saturated heterocycles. The molecule has 1 heterocycles. The van der Waals surface area contributed by atoms with E-state index in [1.54, 1.807) is 18.4 Å². The average molecular weight is 256 g/mol. The molecule has 2 N–H and O–H groups in total. The van der Waals surface area contributed by atoms with E-state index in [-0.39, 0.29) is 11.0 Å². The van der Waals surface area contributed by atoms with E-state index < -0.39 is 0 Å². The lowest BCUT2D eigenvalue weighted by Gasteiger charge is -2.24. The van der Waals surface area contributed by atoms with Gasteiger partial charge in [0.15, 0.2) is 0 Å². The summed E-state index contributed by atoms with van der Waals surface area (Å²) < 4.78 is 5.61. The SMILES string of the molecule is CCC(C)(OC)c1nc(C(C)(C)C)c(CN)s1. The third-order valence-corrected chi connectivity index (χ3v) is 4.49. The third-order valence-electron chi connectivity index (χ3n) is 3.17. The third kappa shape index (κ3) is 2.87. The van der Waals surface area contributed by atoms with Crippen molar-refractivity contribution in [1.82, 2.24) is 4.98 Å². The van der Waals surface area contributed by atoms with Gasteiger partial charge in [-0.1, -0.05) is 27.7 Å². The fraction of sp³-hybridized carbons (Fsp3) is 0.769. The van der Waals surface area contributed by atoms with E-state index in [9.17, 15) is 0 Å². The first-order valence-corrected chi connectivity index (χ1v) is 6.86. The van der Waals surface area contributed by atoms with Crippen molar-refractivity contribution in [1.29, 1.82) is 0 Å². The van der Waals surface area contributed by atoms with Gasteiger partial charge in [-0.05, 0) is 13.3 Å². The second-order valence-electron chi connectivity index (χ2n) is 5.53. The Balaban J connectivity index is 3.26. The fourth-order valence-corrected chi connectivity index (χ4v) is 3.03. The summed E-state index contributed by atoms with van der Waals surface area (Å²) in [5.74, 6) is 0. The summed E-state index contributed by atoms with van der Waals surface area (Å²) in [6.07, 6.45) is 0.907. The Hall–Kier alpha value is -0.450. The number of thiazole rings is 1. The summed E-state index contributed by atoms with van der Waals surface area (Å²) in [5.41, 5.74) is 6.66. The Kier molecular flexibility index (Phi) is 4.33. The van der Waals surface area contributed by atoms with E-state index in [4.69, 9.17) is 15.5 Å². The van der Waals surface area contributed by atoms with Gasteiger partial charge in [-0.25, -0.2) is 4.98 Å². The molecular weight excluding hydrogens is 232 g/mol. The van der Waals surface area contributed by atoms with Gasteiger partial charge in [0.2, 0.25) is 0 Å². The summed E-state index contributed by atoms with van der Waals surface area (Å²) in [7, 11) is 1.74. The maximum Gasteiger partial charge on any atom is 0.125 e. The molecule has 1 atom stereocenters. The first kappa shape index (κ1) is 14.6. The van der Waals surface area contributed by atoms with Crippen LogP contribution in [0.1, 0.15) is 56.6 Å². The van der Waals surface area contributed by atoms with Gasteiger partial charge < -0.3 is 10.5 Å². The van der Waals surface area contributed by atoms with E-state index in [1.165, 1.54) is 4.88 Å². The number of ether oxygens (including phenoxy) is 1. The number of methoxy groups -OCH3 is 1. The lowest BCUT2D eigenvalue weighted by atomic mass is 9.91.